The van der Waals surface area contributed by atoms with Gasteiger partial charge in [-0.15, -0.1) is 11.3 Å². The monoisotopic (exact) mass is 357 g/mol. The predicted octanol–water partition coefficient (Wildman–Crippen LogP) is 5.48. The molecular weight excluding hydrogens is 330 g/mol. The van der Waals surface area contributed by atoms with Gasteiger partial charge in [0.1, 0.15) is 0 Å². The Balaban J connectivity index is 0.00000109. The highest BCUT2D eigenvalue weighted by Crippen LogP contribution is 2.31. The highest BCUT2D eigenvalue weighted by atomic mass is 32.1. The molecule has 1 heterocycles. The number of carbonyl (C=O) groups is 2. The van der Waals surface area contributed by atoms with Gasteiger partial charge in [0.2, 0.25) is 0 Å². The maximum absolute atomic E-state index is 12.5. The zero-order valence-corrected chi connectivity index (χ0v) is 16.3. The minimum absolute atomic E-state index is 0.0688. The Morgan fingerprint density at radius 3 is 2.60 bits per heavy atom. The van der Waals surface area contributed by atoms with Crippen LogP contribution in [0.4, 0.5) is 0 Å². The number of rotatable bonds is 4. The summed E-state index contributed by atoms with van der Waals surface area (Å²) in [5, 5.41) is 3.14. The molecule has 1 aliphatic rings. The molecule has 25 heavy (non-hydrogen) atoms. The highest BCUT2D eigenvalue weighted by molar-refractivity contribution is 7.16. The Bertz CT molecular complexity index is 748. The number of hydrogen-bond acceptors (Lipinski definition) is 3. The molecule has 1 aromatic heterocycles. The molecule has 0 saturated heterocycles. The van der Waals surface area contributed by atoms with Crippen LogP contribution in [0.5, 0.6) is 0 Å². The van der Waals surface area contributed by atoms with Gasteiger partial charge >= 0.3 is 0 Å². The SMILES string of the molecule is CC.CCC(=O)c1ccc(C(=O)NC2CCCc3cc(C)ccc32)s1. The van der Waals surface area contributed by atoms with E-state index in [4.69, 9.17) is 0 Å². The summed E-state index contributed by atoms with van der Waals surface area (Å²) in [5.74, 6) is 0.0103. The first-order valence-corrected chi connectivity index (χ1v) is 9.93. The Kier molecular flexibility index (Phi) is 6.94. The van der Waals surface area contributed by atoms with Crippen LogP contribution in [-0.4, -0.2) is 11.7 Å². The first-order valence-electron chi connectivity index (χ1n) is 9.12. The van der Waals surface area contributed by atoms with Crippen LogP contribution in [0.1, 0.15) is 82.1 Å². The van der Waals surface area contributed by atoms with Crippen LogP contribution in [0.15, 0.2) is 30.3 Å². The maximum atomic E-state index is 12.5. The van der Waals surface area contributed by atoms with Crippen molar-refractivity contribution in [3.63, 3.8) is 0 Å². The van der Waals surface area contributed by atoms with E-state index in [0.29, 0.717) is 16.2 Å². The first kappa shape index (κ1) is 19.4. The Morgan fingerprint density at radius 2 is 1.88 bits per heavy atom. The number of aryl methyl sites for hydroxylation is 2. The van der Waals surface area contributed by atoms with Crippen molar-refractivity contribution >= 4 is 23.0 Å². The second-order valence-corrected chi connectivity index (χ2v) is 7.14. The van der Waals surface area contributed by atoms with Crippen LogP contribution in [0.25, 0.3) is 0 Å². The summed E-state index contributed by atoms with van der Waals surface area (Å²) in [5.41, 5.74) is 3.84. The molecule has 0 radical (unpaired) electrons. The lowest BCUT2D eigenvalue weighted by Crippen LogP contribution is -2.30. The van der Waals surface area contributed by atoms with E-state index in [1.54, 1.807) is 12.1 Å². The Morgan fingerprint density at radius 1 is 1.16 bits per heavy atom. The molecule has 3 nitrogen and oxygen atoms in total. The number of nitrogens with one attached hydrogen (secondary N) is 1. The molecule has 1 amide bonds. The standard InChI is InChI=1S/C19H21NO2S.C2H6/c1-3-16(21)17-9-10-18(23-17)19(22)20-15-6-4-5-13-11-12(2)7-8-14(13)15;1-2/h7-11,15H,3-6H2,1-2H3,(H,20,22);1-2H3. The fourth-order valence-electron chi connectivity index (χ4n) is 3.11. The van der Waals surface area contributed by atoms with Gasteiger partial charge in [-0.25, -0.2) is 0 Å². The zero-order chi connectivity index (χ0) is 18.4. The van der Waals surface area contributed by atoms with Crippen LogP contribution in [0, 0.1) is 6.92 Å². The summed E-state index contributed by atoms with van der Waals surface area (Å²) in [6.07, 6.45) is 3.60. The van der Waals surface area contributed by atoms with Gasteiger partial charge in [0.15, 0.2) is 5.78 Å². The number of ketones is 1. The molecule has 0 aliphatic heterocycles. The number of fused-ring (bicyclic) bond motifs is 1. The minimum Gasteiger partial charge on any atom is -0.345 e. The van der Waals surface area contributed by atoms with E-state index < -0.39 is 0 Å². The van der Waals surface area contributed by atoms with Crippen molar-refractivity contribution in [2.75, 3.05) is 0 Å². The molecule has 1 atom stereocenters. The van der Waals surface area contributed by atoms with Gasteiger partial charge in [-0.1, -0.05) is 44.5 Å². The van der Waals surface area contributed by atoms with Crippen LogP contribution < -0.4 is 5.32 Å². The summed E-state index contributed by atoms with van der Waals surface area (Å²) in [7, 11) is 0. The van der Waals surface area contributed by atoms with Gasteiger partial charge < -0.3 is 5.32 Å². The van der Waals surface area contributed by atoms with Crippen molar-refractivity contribution in [2.45, 2.75) is 59.4 Å². The third-order valence-corrected chi connectivity index (χ3v) is 5.47. The van der Waals surface area contributed by atoms with E-state index in [9.17, 15) is 9.59 Å². The van der Waals surface area contributed by atoms with E-state index in [2.05, 4.69) is 30.4 Å². The molecule has 0 spiro atoms. The van der Waals surface area contributed by atoms with Gasteiger partial charge in [-0.05, 0) is 49.4 Å². The van der Waals surface area contributed by atoms with E-state index in [1.807, 2.05) is 20.8 Å². The van der Waals surface area contributed by atoms with Crippen LogP contribution >= 0.6 is 11.3 Å². The van der Waals surface area contributed by atoms with E-state index in [1.165, 1.54) is 28.0 Å². The molecule has 0 fully saturated rings. The Labute approximate surface area is 154 Å². The minimum atomic E-state index is -0.0800. The summed E-state index contributed by atoms with van der Waals surface area (Å²) in [6, 6.07) is 10.0. The molecule has 1 aliphatic carbocycles. The van der Waals surface area contributed by atoms with E-state index >= 15 is 0 Å². The number of hydrogen-bond donors (Lipinski definition) is 1. The van der Waals surface area contributed by atoms with Crippen LogP contribution in [-0.2, 0) is 6.42 Å². The van der Waals surface area contributed by atoms with E-state index in [0.717, 1.165) is 19.3 Å². The zero-order valence-electron chi connectivity index (χ0n) is 15.5. The summed E-state index contributed by atoms with van der Waals surface area (Å²) in [4.78, 5) is 25.5. The number of amides is 1. The number of benzene rings is 1. The highest BCUT2D eigenvalue weighted by Gasteiger charge is 2.23. The third-order valence-electron chi connectivity index (χ3n) is 4.34. The van der Waals surface area contributed by atoms with Gasteiger partial charge in [-0.3, -0.25) is 9.59 Å². The molecule has 3 rings (SSSR count). The van der Waals surface area contributed by atoms with Crippen LogP contribution in [0.2, 0.25) is 0 Å². The summed E-state index contributed by atoms with van der Waals surface area (Å²) in [6.45, 7) is 7.93. The summed E-state index contributed by atoms with van der Waals surface area (Å²) < 4.78 is 0. The van der Waals surface area contributed by atoms with E-state index in [-0.39, 0.29) is 17.7 Å². The lowest BCUT2D eigenvalue weighted by molar-refractivity contribution is 0.0936. The van der Waals surface area contributed by atoms with Crippen molar-refractivity contribution in [3.05, 3.63) is 56.8 Å². The molecule has 1 N–H and O–H groups in total. The average molecular weight is 358 g/mol. The molecule has 1 unspecified atom stereocenters. The molecule has 2 aromatic rings. The smallest absolute Gasteiger partial charge is 0.261 e. The van der Waals surface area contributed by atoms with Crippen molar-refractivity contribution in [1.29, 1.82) is 0 Å². The normalized spacial score (nSPS) is 15.6. The average Bonchev–Trinajstić information content (AvgIpc) is 3.13. The predicted molar refractivity (Wildman–Crippen MR) is 105 cm³/mol. The Hall–Kier alpha value is -1.94. The fraction of sp³-hybridized carbons (Fsp3) is 0.429. The van der Waals surface area contributed by atoms with Gasteiger partial charge in [-0.2, -0.15) is 0 Å². The van der Waals surface area contributed by atoms with Crippen molar-refractivity contribution in [2.24, 2.45) is 0 Å². The van der Waals surface area contributed by atoms with Gasteiger partial charge in [0.25, 0.3) is 5.91 Å². The molecule has 4 heteroatoms. The molecule has 0 bridgehead atoms. The van der Waals surface area contributed by atoms with Crippen molar-refractivity contribution < 1.29 is 9.59 Å². The topological polar surface area (TPSA) is 46.2 Å². The maximum Gasteiger partial charge on any atom is 0.261 e. The quantitative estimate of drug-likeness (QED) is 0.736. The summed E-state index contributed by atoms with van der Waals surface area (Å²) >= 11 is 1.28. The van der Waals surface area contributed by atoms with Crippen LogP contribution in [0.3, 0.4) is 0 Å². The number of thiophene rings is 1. The molecule has 134 valence electrons. The molecule has 0 saturated carbocycles. The first-order chi connectivity index (χ1) is 12.1. The van der Waals surface area contributed by atoms with Gasteiger partial charge in [0.05, 0.1) is 15.8 Å². The second-order valence-electron chi connectivity index (χ2n) is 6.06. The third kappa shape index (κ3) is 4.57. The number of Topliss-reactive ketones (excluding diaryl/α,β-unsaturated/α-hetero) is 1. The second kappa shape index (κ2) is 8.95. The number of carbonyl (C=O) groups excluding carboxylic acids is 2. The lowest BCUT2D eigenvalue weighted by atomic mass is 9.86. The van der Waals surface area contributed by atoms with Crippen molar-refractivity contribution in [1.82, 2.24) is 5.32 Å². The van der Waals surface area contributed by atoms with Crippen molar-refractivity contribution in [3.8, 4) is 0 Å². The fourth-order valence-corrected chi connectivity index (χ4v) is 4.03. The molecular formula is C21H27NO2S. The largest absolute Gasteiger partial charge is 0.345 e. The van der Waals surface area contributed by atoms with Gasteiger partial charge in [0, 0.05) is 6.42 Å². The lowest BCUT2D eigenvalue weighted by Gasteiger charge is -2.26. The molecule has 1 aromatic carbocycles.